The van der Waals surface area contributed by atoms with Crippen LogP contribution >= 0.6 is 0 Å². The topological polar surface area (TPSA) is 44.4 Å². The van der Waals surface area contributed by atoms with E-state index in [9.17, 15) is 4.79 Å². The Labute approximate surface area is 133 Å². The summed E-state index contributed by atoms with van der Waals surface area (Å²) in [6, 6.07) is 9.79. The van der Waals surface area contributed by atoms with Gasteiger partial charge in [0.15, 0.2) is 0 Å². The Kier molecular flexibility index (Phi) is 5.46. The first-order valence-corrected chi connectivity index (χ1v) is 8.60. The third-order valence-electron chi connectivity index (χ3n) is 4.89. The Balaban J connectivity index is 1.50. The molecule has 2 aliphatic heterocycles. The Hall–Kier alpha value is -1.39. The van der Waals surface area contributed by atoms with E-state index >= 15 is 0 Å². The van der Waals surface area contributed by atoms with E-state index < -0.39 is 0 Å². The number of likely N-dealkylation sites (tertiary alicyclic amines) is 1. The molecule has 2 fully saturated rings. The van der Waals surface area contributed by atoms with Crippen LogP contribution in [0.2, 0.25) is 0 Å². The lowest BCUT2D eigenvalue weighted by Gasteiger charge is -2.35. The van der Waals surface area contributed by atoms with Gasteiger partial charge in [0, 0.05) is 18.8 Å². The molecule has 0 bridgehead atoms. The van der Waals surface area contributed by atoms with Crippen molar-refractivity contribution in [3.05, 3.63) is 30.3 Å². The van der Waals surface area contributed by atoms with E-state index in [0.29, 0.717) is 0 Å². The quantitative estimate of drug-likeness (QED) is 0.897. The van der Waals surface area contributed by atoms with E-state index in [1.807, 2.05) is 30.3 Å². The predicted molar refractivity (Wildman–Crippen MR) is 89.8 cm³/mol. The van der Waals surface area contributed by atoms with Gasteiger partial charge in [0.1, 0.15) is 0 Å². The van der Waals surface area contributed by atoms with Crippen LogP contribution in [0.5, 0.6) is 0 Å². The molecule has 2 heterocycles. The van der Waals surface area contributed by atoms with E-state index in [1.165, 1.54) is 12.8 Å². The van der Waals surface area contributed by atoms with Gasteiger partial charge >= 0.3 is 0 Å². The maximum Gasteiger partial charge on any atom is 0.228 e. The van der Waals surface area contributed by atoms with Crippen LogP contribution in [0.15, 0.2) is 30.3 Å². The highest BCUT2D eigenvalue weighted by molar-refractivity contribution is 5.92. The summed E-state index contributed by atoms with van der Waals surface area (Å²) in [5.41, 5.74) is 0.906. The Bertz CT molecular complexity index is 470. The number of rotatable bonds is 4. The number of nitrogens with one attached hydrogen (secondary N) is 2. The predicted octanol–water partition coefficient (Wildman–Crippen LogP) is 2.34. The summed E-state index contributed by atoms with van der Waals surface area (Å²) in [6.07, 6.45) is 4.70. The lowest BCUT2D eigenvalue weighted by molar-refractivity contribution is -0.121. The largest absolute Gasteiger partial charge is 0.326 e. The summed E-state index contributed by atoms with van der Waals surface area (Å²) in [4.78, 5) is 15.0. The molecule has 4 nitrogen and oxygen atoms in total. The molecule has 2 saturated heterocycles. The van der Waals surface area contributed by atoms with Crippen molar-refractivity contribution in [2.45, 2.75) is 25.7 Å². The highest BCUT2D eigenvalue weighted by atomic mass is 16.1. The average Bonchev–Trinajstić information content (AvgIpc) is 2.57. The second kappa shape index (κ2) is 7.75. The normalized spacial score (nSPS) is 24.1. The molecule has 1 amide bonds. The number of carbonyl (C=O) groups excluding carboxylic acids is 1. The van der Waals surface area contributed by atoms with Gasteiger partial charge in [-0.25, -0.2) is 0 Å². The fourth-order valence-electron chi connectivity index (χ4n) is 3.63. The minimum Gasteiger partial charge on any atom is -0.326 e. The van der Waals surface area contributed by atoms with Crippen molar-refractivity contribution in [1.82, 2.24) is 10.2 Å². The van der Waals surface area contributed by atoms with E-state index in [1.54, 1.807) is 0 Å². The molecule has 22 heavy (non-hydrogen) atoms. The summed E-state index contributed by atoms with van der Waals surface area (Å²) < 4.78 is 0. The number of hydrogen-bond donors (Lipinski definition) is 2. The standard InChI is InChI=1S/C18H27N3O/c22-18(20-17-6-2-1-3-7-17)16-5-4-12-21(14-16)13-15-8-10-19-11-9-15/h1-3,6-7,15-16,19H,4-5,8-14H2,(H,20,22). The van der Waals surface area contributed by atoms with E-state index in [2.05, 4.69) is 15.5 Å². The zero-order valence-electron chi connectivity index (χ0n) is 13.3. The fourth-order valence-corrected chi connectivity index (χ4v) is 3.63. The highest BCUT2D eigenvalue weighted by Gasteiger charge is 2.27. The minimum atomic E-state index is 0.135. The second-order valence-electron chi connectivity index (χ2n) is 6.65. The van der Waals surface area contributed by atoms with E-state index in [-0.39, 0.29) is 11.8 Å². The van der Waals surface area contributed by atoms with Crippen LogP contribution in [0, 0.1) is 11.8 Å². The Morgan fingerprint density at radius 2 is 1.95 bits per heavy atom. The molecule has 1 aromatic rings. The van der Waals surface area contributed by atoms with Crippen LogP contribution in [0.4, 0.5) is 5.69 Å². The number of para-hydroxylation sites is 1. The first kappa shape index (κ1) is 15.5. The number of amides is 1. The molecule has 1 aromatic carbocycles. The van der Waals surface area contributed by atoms with Gasteiger partial charge in [-0.1, -0.05) is 18.2 Å². The molecule has 2 aliphatic rings. The molecule has 0 spiro atoms. The van der Waals surface area contributed by atoms with Crippen molar-refractivity contribution >= 4 is 11.6 Å². The minimum absolute atomic E-state index is 0.135. The maximum atomic E-state index is 12.5. The van der Waals surface area contributed by atoms with Crippen molar-refractivity contribution in [3.63, 3.8) is 0 Å². The van der Waals surface area contributed by atoms with Crippen LogP contribution in [-0.4, -0.2) is 43.5 Å². The van der Waals surface area contributed by atoms with Gasteiger partial charge < -0.3 is 15.5 Å². The summed E-state index contributed by atoms with van der Waals surface area (Å²) in [5, 5.41) is 6.48. The molecule has 1 unspecified atom stereocenters. The zero-order valence-corrected chi connectivity index (χ0v) is 13.3. The number of nitrogens with zero attached hydrogens (tertiary/aromatic N) is 1. The molecule has 2 N–H and O–H groups in total. The van der Waals surface area contributed by atoms with Crippen LogP contribution in [0.25, 0.3) is 0 Å². The maximum absolute atomic E-state index is 12.5. The molecule has 1 atom stereocenters. The van der Waals surface area contributed by atoms with Gasteiger partial charge in [-0.15, -0.1) is 0 Å². The van der Waals surface area contributed by atoms with Crippen molar-refractivity contribution in [1.29, 1.82) is 0 Å². The third kappa shape index (κ3) is 4.31. The monoisotopic (exact) mass is 301 g/mol. The molecule has 4 heteroatoms. The first-order valence-electron chi connectivity index (χ1n) is 8.60. The van der Waals surface area contributed by atoms with Crippen LogP contribution in [-0.2, 0) is 4.79 Å². The van der Waals surface area contributed by atoms with Gasteiger partial charge in [0.2, 0.25) is 5.91 Å². The number of piperidine rings is 2. The molecular formula is C18H27N3O. The molecule has 0 aromatic heterocycles. The number of carbonyl (C=O) groups is 1. The average molecular weight is 301 g/mol. The number of hydrogen-bond acceptors (Lipinski definition) is 3. The second-order valence-corrected chi connectivity index (χ2v) is 6.65. The molecule has 120 valence electrons. The summed E-state index contributed by atoms with van der Waals surface area (Å²) in [6.45, 7) is 5.53. The smallest absolute Gasteiger partial charge is 0.228 e. The Morgan fingerprint density at radius 1 is 1.18 bits per heavy atom. The van der Waals surface area contributed by atoms with E-state index in [0.717, 1.165) is 57.2 Å². The van der Waals surface area contributed by atoms with Gasteiger partial charge in [0.25, 0.3) is 0 Å². The molecular weight excluding hydrogens is 274 g/mol. The number of benzene rings is 1. The third-order valence-corrected chi connectivity index (χ3v) is 4.89. The summed E-state index contributed by atoms with van der Waals surface area (Å²) in [7, 11) is 0. The zero-order chi connectivity index (χ0) is 15.2. The fraction of sp³-hybridized carbons (Fsp3) is 0.611. The summed E-state index contributed by atoms with van der Waals surface area (Å²) >= 11 is 0. The SMILES string of the molecule is O=C(Nc1ccccc1)C1CCCN(CC2CCNCC2)C1. The van der Waals surface area contributed by atoms with Gasteiger partial charge in [0.05, 0.1) is 5.92 Å². The number of anilines is 1. The van der Waals surface area contributed by atoms with Crippen molar-refractivity contribution in [2.24, 2.45) is 11.8 Å². The molecule has 3 rings (SSSR count). The van der Waals surface area contributed by atoms with Crippen LogP contribution in [0.3, 0.4) is 0 Å². The summed E-state index contributed by atoms with van der Waals surface area (Å²) in [5.74, 6) is 1.12. The Morgan fingerprint density at radius 3 is 2.73 bits per heavy atom. The lowest BCUT2D eigenvalue weighted by Crippen LogP contribution is -2.44. The van der Waals surface area contributed by atoms with Crippen LogP contribution in [0.1, 0.15) is 25.7 Å². The van der Waals surface area contributed by atoms with Gasteiger partial charge in [-0.2, -0.15) is 0 Å². The molecule has 0 saturated carbocycles. The molecule has 0 aliphatic carbocycles. The van der Waals surface area contributed by atoms with Crippen molar-refractivity contribution in [3.8, 4) is 0 Å². The first-order chi connectivity index (χ1) is 10.8. The van der Waals surface area contributed by atoms with Crippen LogP contribution < -0.4 is 10.6 Å². The van der Waals surface area contributed by atoms with Crippen molar-refractivity contribution in [2.75, 3.05) is 38.0 Å². The van der Waals surface area contributed by atoms with Gasteiger partial charge in [-0.3, -0.25) is 4.79 Å². The highest BCUT2D eigenvalue weighted by Crippen LogP contribution is 2.22. The molecule has 0 radical (unpaired) electrons. The van der Waals surface area contributed by atoms with E-state index in [4.69, 9.17) is 0 Å². The lowest BCUT2D eigenvalue weighted by atomic mass is 9.93. The van der Waals surface area contributed by atoms with Crippen molar-refractivity contribution < 1.29 is 4.79 Å². The van der Waals surface area contributed by atoms with Gasteiger partial charge in [-0.05, 0) is 63.4 Å².